The van der Waals surface area contributed by atoms with E-state index in [0.717, 1.165) is 25.4 Å². The third-order valence-electron chi connectivity index (χ3n) is 4.04. The molecule has 1 atom stereocenters. The average molecular weight is 298 g/mol. The molecule has 2 aromatic carbocycles. The highest BCUT2D eigenvalue weighted by Gasteiger charge is 2.21. The number of hydrogen-bond acceptors (Lipinski definition) is 3. The van der Waals surface area contributed by atoms with E-state index in [0.29, 0.717) is 6.04 Å². The zero-order chi connectivity index (χ0) is 14.5. The third-order valence-corrected chi connectivity index (χ3v) is 4.63. The van der Waals surface area contributed by atoms with Gasteiger partial charge < -0.3 is 10.2 Å². The van der Waals surface area contributed by atoms with Crippen molar-refractivity contribution in [2.75, 3.05) is 30.0 Å². The van der Waals surface area contributed by atoms with Crippen LogP contribution < -0.4 is 10.2 Å². The summed E-state index contributed by atoms with van der Waals surface area (Å²) in [5, 5.41) is 3.71. The molecule has 3 rings (SSSR count). The van der Waals surface area contributed by atoms with Crippen LogP contribution >= 0.6 is 11.8 Å². The van der Waals surface area contributed by atoms with Gasteiger partial charge in [0.15, 0.2) is 0 Å². The molecule has 0 spiro atoms. The van der Waals surface area contributed by atoms with E-state index < -0.39 is 0 Å². The third kappa shape index (κ3) is 3.42. The SMILES string of the molecule is CSCCN1CC(c2ccccc2)NCc2ccccc21. The molecule has 110 valence electrons. The fourth-order valence-electron chi connectivity index (χ4n) is 2.91. The van der Waals surface area contributed by atoms with Crippen molar-refractivity contribution >= 4 is 17.4 Å². The minimum absolute atomic E-state index is 0.389. The molecular formula is C18H22N2S. The number of hydrogen-bond donors (Lipinski definition) is 1. The molecule has 0 aromatic heterocycles. The lowest BCUT2D eigenvalue weighted by atomic mass is 10.1. The Hall–Kier alpha value is -1.45. The summed E-state index contributed by atoms with van der Waals surface area (Å²) >= 11 is 1.91. The summed E-state index contributed by atoms with van der Waals surface area (Å²) in [6.07, 6.45) is 2.18. The topological polar surface area (TPSA) is 15.3 Å². The fourth-order valence-corrected chi connectivity index (χ4v) is 3.31. The molecule has 1 aliphatic heterocycles. The number of nitrogens with one attached hydrogen (secondary N) is 1. The number of anilines is 1. The van der Waals surface area contributed by atoms with E-state index in [1.54, 1.807) is 0 Å². The molecule has 0 saturated heterocycles. The Labute approximate surface area is 131 Å². The predicted molar refractivity (Wildman–Crippen MR) is 93.1 cm³/mol. The Morgan fingerprint density at radius 1 is 1.10 bits per heavy atom. The molecule has 1 N–H and O–H groups in total. The molecule has 1 heterocycles. The molecule has 2 nitrogen and oxygen atoms in total. The fraction of sp³-hybridized carbons (Fsp3) is 0.333. The molecular weight excluding hydrogens is 276 g/mol. The summed E-state index contributed by atoms with van der Waals surface area (Å²) < 4.78 is 0. The first-order chi connectivity index (χ1) is 10.4. The molecule has 0 amide bonds. The number of para-hydroxylation sites is 1. The largest absolute Gasteiger partial charge is 0.369 e. The van der Waals surface area contributed by atoms with E-state index in [1.165, 1.54) is 16.8 Å². The Balaban J connectivity index is 1.87. The summed E-state index contributed by atoms with van der Waals surface area (Å²) in [6.45, 7) is 3.07. The van der Waals surface area contributed by atoms with Gasteiger partial charge in [-0.2, -0.15) is 11.8 Å². The van der Waals surface area contributed by atoms with Crippen LogP contribution in [0.3, 0.4) is 0 Å². The summed E-state index contributed by atoms with van der Waals surface area (Å²) in [6, 6.07) is 19.9. The van der Waals surface area contributed by atoms with Crippen LogP contribution in [-0.4, -0.2) is 25.1 Å². The Bertz CT molecular complexity index is 570. The van der Waals surface area contributed by atoms with Crippen LogP contribution in [-0.2, 0) is 6.54 Å². The molecule has 0 saturated carbocycles. The van der Waals surface area contributed by atoms with Crippen LogP contribution in [0, 0.1) is 0 Å². The van der Waals surface area contributed by atoms with Crippen molar-refractivity contribution in [3.63, 3.8) is 0 Å². The monoisotopic (exact) mass is 298 g/mol. The van der Waals surface area contributed by atoms with Gasteiger partial charge in [0.05, 0.1) is 6.04 Å². The summed E-state index contributed by atoms with van der Waals surface area (Å²) in [7, 11) is 0. The zero-order valence-corrected chi connectivity index (χ0v) is 13.3. The van der Waals surface area contributed by atoms with Crippen molar-refractivity contribution < 1.29 is 0 Å². The smallest absolute Gasteiger partial charge is 0.0500 e. The van der Waals surface area contributed by atoms with Gasteiger partial charge in [-0.05, 0) is 23.4 Å². The minimum Gasteiger partial charge on any atom is -0.369 e. The number of nitrogens with zero attached hydrogens (tertiary/aromatic N) is 1. The molecule has 21 heavy (non-hydrogen) atoms. The van der Waals surface area contributed by atoms with Gasteiger partial charge in [-0.1, -0.05) is 48.5 Å². The van der Waals surface area contributed by atoms with E-state index in [9.17, 15) is 0 Å². The number of rotatable bonds is 4. The second-order valence-electron chi connectivity index (χ2n) is 5.41. The standard InChI is InChI=1S/C18H22N2S/c1-21-12-11-20-14-17(15-7-3-2-4-8-15)19-13-16-9-5-6-10-18(16)20/h2-10,17,19H,11-14H2,1H3. The summed E-state index contributed by atoms with van der Waals surface area (Å²) in [5.74, 6) is 1.16. The number of thioether (sulfide) groups is 1. The van der Waals surface area contributed by atoms with Gasteiger partial charge in [0.2, 0.25) is 0 Å². The molecule has 0 bridgehead atoms. The number of benzene rings is 2. The normalized spacial score (nSPS) is 18.1. The van der Waals surface area contributed by atoms with Crippen molar-refractivity contribution in [3.05, 3.63) is 65.7 Å². The summed E-state index contributed by atoms with van der Waals surface area (Å²) in [4.78, 5) is 2.53. The molecule has 3 heteroatoms. The molecule has 0 radical (unpaired) electrons. The maximum absolute atomic E-state index is 3.71. The van der Waals surface area contributed by atoms with Crippen molar-refractivity contribution in [2.24, 2.45) is 0 Å². The first-order valence-electron chi connectivity index (χ1n) is 7.48. The van der Waals surface area contributed by atoms with Gasteiger partial charge in [-0.15, -0.1) is 0 Å². The van der Waals surface area contributed by atoms with Crippen molar-refractivity contribution in [3.8, 4) is 0 Å². The van der Waals surface area contributed by atoms with E-state index >= 15 is 0 Å². The second-order valence-corrected chi connectivity index (χ2v) is 6.40. The lowest BCUT2D eigenvalue weighted by Crippen LogP contribution is -2.33. The van der Waals surface area contributed by atoms with Crippen molar-refractivity contribution in [1.82, 2.24) is 5.32 Å². The highest BCUT2D eigenvalue weighted by molar-refractivity contribution is 7.98. The van der Waals surface area contributed by atoms with Crippen LogP contribution in [0.1, 0.15) is 17.2 Å². The van der Waals surface area contributed by atoms with Gasteiger partial charge in [0.25, 0.3) is 0 Å². The lowest BCUT2D eigenvalue weighted by Gasteiger charge is -2.27. The zero-order valence-electron chi connectivity index (χ0n) is 12.5. The van der Waals surface area contributed by atoms with Gasteiger partial charge >= 0.3 is 0 Å². The Kier molecular flexibility index (Phi) is 4.84. The molecule has 1 unspecified atom stereocenters. The Morgan fingerprint density at radius 3 is 2.67 bits per heavy atom. The first kappa shape index (κ1) is 14.5. The van der Waals surface area contributed by atoms with Crippen molar-refractivity contribution in [1.29, 1.82) is 0 Å². The highest BCUT2D eigenvalue weighted by atomic mass is 32.2. The van der Waals surface area contributed by atoms with E-state index in [1.807, 2.05) is 11.8 Å². The van der Waals surface area contributed by atoms with Crippen LogP contribution in [0.2, 0.25) is 0 Å². The molecule has 1 aliphatic rings. The van der Waals surface area contributed by atoms with Crippen LogP contribution in [0.25, 0.3) is 0 Å². The van der Waals surface area contributed by atoms with Crippen molar-refractivity contribution in [2.45, 2.75) is 12.6 Å². The highest BCUT2D eigenvalue weighted by Crippen LogP contribution is 2.27. The lowest BCUT2D eigenvalue weighted by molar-refractivity contribution is 0.542. The minimum atomic E-state index is 0.389. The average Bonchev–Trinajstić information content (AvgIpc) is 2.74. The second kappa shape index (κ2) is 7.01. The predicted octanol–water partition coefficient (Wildman–Crippen LogP) is 3.70. The summed E-state index contributed by atoms with van der Waals surface area (Å²) in [5.41, 5.74) is 4.16. The Morgan fingerprint density at radius 2 is 1.86 bits per heavy atom. The maximum Gasteiger partial charge on any atom is 0.0500 e. The van der Waals surface area contributed by atoms with Gasteiger partial charge in [-0.25, -0.2) is 0 Å². The van der Waals surface area contributed by atoms with Crippen LogP contribution in [0.15, 0.2) is 54.6 Å². The van der Waals surface area contributed by atoms with Gasteiger partial charge in [0.1, 0.15) is 0 Å². The van der Waals surface area contributed by atoms with Crippen LogP contribution in [0.5, 0.6) is 0 Å². The van der Waals surface area contributed by atoms with E-state index in [2.05, 4.69) is 71.1 Å². The van der Waals surface area contributed by atoms with Gasteiger partial charge in [-0.3, -0.25) is 0 Å². The van der Waals surface area contributed by atoms with E-state index in [4.69, 9.17) is 0 Å². The first-order valence-corrected chi connectivity index (χ1v) is 8.88. The maximum atomic E-state index is 3.71. The van der Waals surface area contributed by atoms with E-state index in [-0.39, 0.29) is 0 Å². The molecule has 2 aromatic rings. The molecule has 0 fully saturated rings. The molecule has 0 aliphatic carbocycles. The van der Waals surface area contributed by atoms with Crippen LogP contribution in [0.4, 0.5) is 5.69 Å². The van der Waals surface area contributed by atoms with Gasteiger partial charge in [0, 0.05) is 31.1 Å². The quantitative estimate of drug-likeness (QED) is 0.926. The number of fused-ring (bicyclic) bond motifs is 1.